The molecule has 2 aromatic carbocycles. The van der Waals surface area contributed by atoms with E-state index in [0.717, 1.165) is 5.56 Å². The van der Waals surface area contributed by atoms with Gasteiger partial charge in [-0.15, -0.1) is 0 Å². The monoisotopic (exact) mass is 659 g/mol. The van der Waals surface area contributed by atoms with Crippen molar-refractivity contribution in [3.05, 3.63) is 53.6 Å². The van der Waals surface area contributed by atoms with Gasteiger partial charge in [-0.25, -0.2) is 4.79 Å². The minimum Gasteiger partial charge on any atom is -0.493 e. The van der Waals surface area contributed by atoms with Crippen molar-refractivity contribution in [1.29, 1.82) is 0 Å². The Morgan fingerprint density at radius 2 is 1.49 bits per heavy atom. The third kappa shape index (κ3) is 12.6. The number of hydrogen-bond donors (Lipinski definition) is 4. The summed E-state index contributed by atoms with van der Waals surface area (Å²) in [5.41, 5.74) is 0.750. The van der Waals surface area contributed by atoms with Crippen molar-refractivity contribution in [3.8, 4) is 17.2 Å². The Balaban J connectivity index is 2.49. The van der Waals surface area contributed by atoms with Crippen LogP contribution in [-0.2, 0) is 31.9 Å². The van der Waals surface area contributed by atoms with Crippen LogP contribution in [0.2, 0.25) is 0 Å². The molecule has 262 valence electrons. The van der Waals surface area contributed by atoms with Gasteiger partial charge in [-0.3, -0.25) is 9.59 Å². The largest absolute Gasteiger partial charge is 0.493 e. The molecule has 2 aromatic rings. The molecule has 3 amide bonds. The number of benzene rings is 2. The Bertz CT molecular complexity index is 1280. The van der Waals surface area contributed by atoms with Crippen molar-refractivity contribution >= 4 is 17.9 Å². The number of aliphatic hydroxyl groups is 1. The predicted molar refractivity (Wildman–Crippen MR) is 179 cm³/mol. The maximum absolute atomic E-state index is 14.1. The first-order valence-electron chi connectivity index (χ1n) is 15.8. The maximum atomic E-state index is 14.1. The maximum Gasteiger partial charge on any atom is 0.407 e. The number of ether oxygens (including phenoxy) is 5. The first-order chi connectivity index (χ1) is 22.2. The van der Waals surface area contributed by atoms with Gasteiger partial charge in [0.1, 0.15) is 11.6 Å². The summed E-state index contributed by atoms with van der Waals surface area (Å²) >= 11 is 0. The minimum atomic E-state index is -1.18. The van der Waals surface area contributed by atoms with Gasteiger partial charge < -0.3 is 44.7 Å². The predicted octanol–water partition coefficient (Wildman–Crippen LogP) is 3.66. The van der Waals surface area contributed by atoms with Crippen molar-refractivity contribution < 1.29 is 43.2 Å². The molecule has 0 saturated heterocycles. The molecule has 4 atom stereocenters. The summed E-state index contributed by atoms with van der Waals surface area (Å²) in [7, 11) is 6.03. The van der Waals surface area contributed by atoms with Gasteiger partial charge in [0.15, 0.2) is 11.5 Å². The van der Waals surface area contributed by atoms with Crippen LogP contribution < -0.4 is 30.2 Å². The summed E-state index contributed by atoms with van der Waals surface area (Å²) in [6.45, 7) is 9.54. The Morgan fingerprint density at radius 3 is 2.04 bits per heavy atom. The molecule has 0 bridgehead atoms. The van der Waals surface area contributed by atoms with Gasteiger partial charge in [0, 0.05) is 19.6 Å². The lowest BCUT2D eigenvalue weighted by molar-refractivity contribution is -0.132. The van der Waals surface area contributed by atoms with Gasteiger partial charge in [0.05, 0.1) is 40.1 Å². The Morgan fingerprint density at radius 1 is 0.830 bits per heavy atom. The first-order valence-corrected chi connectivity index (χ1v) is 15.8. The van der Waals surface area contributed by atoms with E-state index in [1.165, 1.54) is 28.4 Å². The Hall–Kier alpha value is -4.03. The van der Waals surface area contributed by atoms with Crippen LogP contribution in [0.3, 0.4) is 0 Å². The molecule has 0 aliphatic carbocycles. The van der Waals surface area contributed by atoms with Gasteiger partial charge >= 0.3 is 6.09 Å². The summed E-state index contributed by atoms with van der Waals surface area (Å²) in [5, 5.41) is 20.2. The normalized spacial score (nSPS) is 13.9. The number of hydrogen-bond acceptors (Lipinski definition) is 9. The molecule has 0 spiro atoms. The highest BCUT2D eigenvalue weighted by molar-refractivity contribution is 5.89. The van der Waals surface area contributed by atoms with Crippen LogP contribution in [0.15, 0.2) is 42.5 Å². The third-order valence-electron chi connectivity index (χ3n) is 7.47. The van der Waals surface area contributed by atoms with Crippen LogP contribution in [0.25, 0.3) is 0 Å². The van der Waals surface area contributed by atoms with E-state index in [1.54, 1.807) is 32.9 Å². The molecule has 47 heavy (non-hydrogen) atoms. The van der Waals surface area contributed by atoms with Crippen molar-refractivity contribution in [3.63, 3.8) is 0 Å². The smallest absolute Gasteiger partial charge is 0.407 e. The first kappa shape index (κ1) is 39.1. The standard InChI is InChI=1S/C35H53N3O9/c1-22(2)29(33(41)36-17-18-43-6)38-32(40)25(20-24-15-16-28(44-7)31(46-9)30(24)45-8)21-27(39)26(19-23-13-11-10-12-14-23)37-34(42)47-35(3,4)5/h10-16,22,25-27,29,39H,17-21H2,1-9H3,(H,36,41)(H,37,42)(H,38,40)/t25?,26-,27-,29+/m0/s1. The van der Waals surface area contributed by atoms with Crippen LogP contribution in [0.1, 0.15) is 52.2 Å². The zero-order valence-electron chi connectivity index (χ0n) is 29.2. The lowest BCUT2D eigenvalue weighted by Crippen LogP contribution is -2.53. The third-order valence-corrected chi connectivity index (χ3v) is 7.47. The fourth-order valence-corrected chi connectivity index (χ4v) is 5.13. The van der Waals surface area contributed by atoms with Crippen molar-refractivity contribution in [2.24, 2.45) is 11.8 Å². The molecule has 12 heteroatoms. The second-order valence-electron chi connectivity index (χ2n) is 12.7. The zero-order chi connectivity index (χ0) is 35.1. The van der Waals surface area contributed by atoms with E-state index in [9.17, 15) is 19.5 Å². The van der Waals surface area contributed by atoms with E-state index in [1.807, 2.05) is 44.2 Å². The van der Waals surface area contributed by atoms with Gasteiger partial charge in [0.2, 0.25) is 17.6 Å². The fraction of sp³-hybridized carbons (Fsp3) is 0.571. The Kier molecular flexibility index (Phi) is 15.8. The molecule has 0 radical (unpaired) electrons. The van der Waals surface area contributed by atoms with Gasteiger partial charge in [-0.05, 0) is 63.1 Å². The molecule has 0 saturated carbocycles. The molecule has 0 heterocycles. The zero-order valence-corrected chi connectivity index (χ0v) is 29.2. The van der Waals surface area contributed by atoms with E-state index >= 15 is 0 Å². The highest BCUT2D eigenvalue weighted by atomic mass is 16.6. The lowest BCUT2D eigenvalue weighted by Gasteiger charge is -2.30. The van der Waals surface area contributed by atoms with Crippen molar-refractivity contribution in [2.45, 2.75) is 77.7 Å². The molecule has 12 nitrogen and oxygen atoms in total. The number of nitrogens with one attached hydrogen (secondary N) is 3. The summed E-state index contributed by atoms with van der Waals surface area (Å²) in [4.78, 5) is 40.0. The number of carbonyl (C=O) groups is 3. The van der Waals surface area contributed by atoms with Crippen molar-refractivity contribution in [1.82, 2.24) is 16.0 Å². The van der Waals surface area contributed by atoms with E-state index in [2.05, 4.69) is 16.0 Å². The highest BCUT2D eigenvalue weighted by Gasteiger charge is 2.33. The van der Waals surface area contributed by atoms with E-state index in [-0.39, 0.29) is 37.6 Å². The number of aliphatic hydroxyl groups excluding tert-OH is 1. The summed E-state index contributed by atoms with van der Waals surface area (Å²) in [6.07, 6.45) is -1.53. The molecule has 0 fully saturated rings. The van der Waals surface area contributed by atoms with E-state index in [4.69, 9.17) is 23.7 Å². The SMILES string of the molecule is COCCNC(=O)[C@H](NC(=O)C(Cc1ccc(OC)c(OC)c1OC)C[C@H](O)[C@H](Cc1ccccc1)NC(=O)OC(C)(C)C)C(C)C. The molecular weight excluding hydrogens is 606 g/mol. The topological polar surface area (TPSA) is 154 Å². The van der Waals surface area contributed by atoms with Crippen LogP contribution in [0.4, 0.5) is 4.79 Å². The van der Waals surface area contributed by atoms with Crippen molar-refractivity contribution in [2.75, 3.05) is 41.6 Å². The van der Waals surface area contributed by atoms with Gasteiger partial charge in [-0.2, -0.15) is 0 Å². The quantitative estimate of drug-likeness (QED) is 0.176. The van der Waals surface area contributed by atoms with Crippen LogP contribution in [0, 0.1) is 11.8 Å². The fourth-order valence-electron chi connectivity index (χ4n) is 5.13. The highest BCUT2D eigenvalue weighted by Crippen LogP contribution is 2.41. The van der Waals surface area contributed by atoms with Crippen LogP contribution in [-0.4, -0.2) is 88.4 Å². The molecule has 4 N–H and O–H groups in total. The number of methoxy groups -OCH3 is 4. The number of amides is 3. The summed E-state index contributed by atoms with van der Waals surface area (Å²) in [6, 6.07) is 11.2. The average molecular weight is 660 g/mol. The molecule has 0 aromatic heterocycles. The summed E-state index contributed by atoms with van der Waals surface area (Å²) in [5.74, 6) is -0.695. The average Bonchev–Trinajstić information content (AvgIpc) is 3.01. The van der Waals surface area contributed by atoms with Crippen LogP contribution >= 0.6 is 0 Å². The Labute approximate surface area is 278 Å². The number of alkyl carbamates (subject to hydrolysis) is 1. The molecule has 2 rings (SSSR count). The van der Waals surface area contributed by atoms with Gasteiger partial charge in [-0.1, -0.05) is 50.2 Å². The van der Waals surface area contributed by atoms with Crippen LogP contribution in [0.5, 0.6) is 17.2 Å². The lowest BCUT2D eigenvalue weighted by atomic mass is 9.87. The summed E-state index contributed by atoms with van der Waals surface area (Å²) < 4.78 is 27.2. The minimum absolute atomic E-state index is 0.0628. The number of carbonyl (C=O) groups excluding carboxylic acids is 3. The van der Waals surface area contributed by atoms with Gasteiger partial charge in [0.25, 0.3) is 0 Å². The number of rotatable bonds is 18. The second kappa shape index (κ2) is 19.0. The molecule has 1 unspecified atom stereocenters. The van der Waals surface area contributed by atoms with E-state index < -0.39 is 41.7 Å². The molecule has 0 aliphatic rings. The molecular formula is C35H53N3O9. The van der Waals surface area contributed by atoms with E-state index in [0.29, 0.717) is 29.4 Å². The molecule has 0 aliphatic heterocycles. The second-order valence-corrected chi connectivity index (χ2v) is 12.7.